The largest absolute Gasteiger partial charge is 0.0591 e. The molecule has 0 N–H and O–H groups in total. The van der Waals surface area contributed by atoms with Crippen LogP contribution in [0.3, 0.4) is 0 Å². The van der Waals surface area contributed by atoms with Gasteiger partial charge in [0.1, 0.15) is 0 Å². The summed E-state index contributed by atoms with van der Waals surface area (Å²) in [4.78, 5) is 0. The lowest BCUT2D eigenvalue weighted by Gasteiger charge is -2.18. The van der Waals surface area contributed by atoms with Gasteiger partial charge in [-0.05, 0) is 37.5 Å². The molecule has 0 nitrogen and oxygen atoms in total. The molecule has 0 saturated heterocycles. The lowest BCUT2D eigenvalue weighted by molar-refractivity contribution is 0.556. The first-order valence-corrected chi connectivity index (χ1v) is 4.41. The summed E-state index contributed by atoms with van der Waals surface area (Å²) in [6.07, 6.45) is 8.31. The lowest BCUT2D eigenvalue weighted by atomic mass is 9.87. The summed E-state index contributed by atoms with van der Waals surface area (Å²) in [5.41, 5.74) is 0. The van der Waals surface area contributed by atoms with Gasteiger partial charge in [-0.2, -0.15) is 0 Å². The Morgan fingerprint density at radius 1 is 0.700 bits per heavy atom. The van der Waals surface area contributed by atoms with Gasteiger partial charge in [0.2, 0.25) is 0 Å². The molecule has 0 aromatic rings. The molecule has 1 saturated carbocycles. The maximum atomic E-state index is 2.30. The fourth-order valence-corrected chi connectivity index (χ4v) is 1.53. The van der Waals surface area contributed by atoms with E-state index >= 15 is 0 Å². The van der Waals surface area contributed by atoms with Crippen LogP contribution in [0, 0.1) is 11.8 Å². The van der Waals surface area contributed by atoms with Crippen LogP contribution < -0.4 is 0 Å². The topological polar surface area (TPSA) is 0 Å². The highest BCUT2D eigenvalue weighted by molar-refractivity contribution is 4.94. The zero-order valence-corrected chi connectivity index (χ0v) is 7.24. The Morgan fingerprint density at radius 2 is 1.10 bits per heavy atom. The summed E-state index contributed by atoms with van der Waals surface area (Å²) < 4.78 is 0. The van der Waals surface area contributed by atoms with Gasteiger partial charge in [0, 0.05) is 0 Å². The molecule has 0 bridgehead atoms. The maximum absolute atomic E-state index is 2.30. The molecule has 2 radical (unpaired) electrons. The van der Waals surface area contributed by atoms with Gasteiger partial charge in [-0.3, -0.25) is 0 Å². The van der Waals surface area contributed by atoms with Gasteiger partial charge in [0.05, 0.1) is 0 Å². The smallest absolute Gasteiger partial charge is 0.0272 e. The van der Waals surface area contributed by atoms with Gasteiger partial charge < -0.3 is 0 Å². The fraction of sp³-hybridized carbons (Fsp3) is 0.800. The van der Waals surface area contributed by atoms with E-state index in [1.807, 2.05) is 0 Å². The highest BCUT2D eigenvalue weighted by Gasteiger charge is 2.10. The van der Waals surface area contributed by atoms with Crippen molar-refractivity contribution in [3.8, 4) is 0 Å². The van der Waals surface area contributed by atoms with Crippen LogP contribution in [0.2, 0.25) is 0 Å². The molecule has 1 fully saturated rings. The van der Waals surface area contributed by atoms with Gasteiger partial charge in [0.15, 0.2) is 0 Å². The molecule has 0 aliphatic heterocycles. The van der Waals surface area contributed by atoms with E-state index in [4.69, 9.17) is 0 Å². The predicted molar refractivity (Wildman–Crippen MR) is 45.5 cm³/mol. The molecular formula is C10H18. The maximum Gasteiger partial charge on any atom is -0.0272 e. The summed E-state index contributed by atoms with van der Waals surface area (Å²) in [6.45, 7) is 4.61. The van der Waals surface area contributed by atoms with Crippen LogP contribution in [0.4, 0.5) is 0 Å². The second-order valence-electron chi connectivity index (χ2n) is 3.62. The van der Waals surface area contributed by atoms with Crippen LogP contribution in [0.1, 0.15) is 52.4 Å². The normalized spacial score (nSPS) is 25.8. The lowest BCUT2D eigenvalue weighted by Crippen LogP contribution is -2.01. The average Bonchev–Trinajstić information content (AvgIpc) is 1.90. The third kappa shape index (κ3) is 2.72. The summed E-state index contributed by atoms with van der Waals surface area (Å²) in [6, 6.07) is 0. The van der Waals surface area contributed by atoms with Gasteiger partial charge in [-0.1, -0.05) is 26.7 Å². The molecule has 0 aromatic carbocycles. The standard InChI is InChI=1S/C10H18/c1-9-5-3-4-6-10(2)8-7-9/h3-8H2,1-2H3. The number of hydrogen-bond acceptors (Lipinski definition) is 0. The molecule has 58 valence electrons. The Morgan fingerprint density at radius 3 is 1.50 bits per heavy atom. The minimum Gasteiger partial charge on any atom is -0.0591 e. The molecule has 0 amide bonds. The second-order valence-corrected chi connectivity index (χ2v) is 3.62. The highest BCUT2D eigenvalue weighted by atomic mass is 14.2. The van der Waals surface area contributed by atoms with Crippen molar-refractivity contribution in [2.45, 2.75) is 52.4 Å². The van der Waals surface area contributed by atoms with E-state index in [-0.39, 0.29) is 0 Å². The van der Waals surface area contributed by atoms with Crippen LogP contribution in [0.25, 0.3) is 0 Å². The van der Waals surface area contributed by atoms with Gasteiger partial charge >= 0.3 is 0 Å². The van der Waals surface area contributed by atoms with Crippen LogP contribution in [0.5, 0.6) is 0 Å². The van der Waals surface area contributed by atoms with Gasteiger partial charge in [0.25, 0.3) is 0 Å². The Bertz CT molecular complexity index is 74.0. The molecule has 0 heterocycles. The van der Waals surface area contributed by atoms with Crippen molar-refractivity contribution in [1.82, 2.24) is 0 Å². The van der Waals surface area contributed by atoms with Crippen molar-refractivity contribution in [3.63, 3.8) is 0 Å². The molecule has 1 aliphatic carbocycles. The van der Waals surface area contributed by atoms with Crippen molar-refractivity contribution in [3.05, 3.63) is 11.8 Å². The molecule has 0 unspecified atom stereocenters. The van der Waals surface area contributed by atoms with Crippen LogP contribution >= 0.6 is 0 Å². The Labute approximate surface area is 65.0 Å². The van der Waals surface area contributed by atoms with E-state index in [1.165, 1.54) is 38.5 Å². The third-order valence-corrected chi connectivity index (χ3v) is 2.44. The molecular weight excluding hydrogens is 120 g/mol. The van der Waals surface area contributed by atoms with Crippen LogP contribution in [-0.4, -0.2) is 0 Å². The zero-order valence-electron chi connectivity index (χ0n) is 7.24. The van der Waals surface area contributed by atoms with Crippen molar-refractivity contribution in [1.29, 1.82) is 0 Å². The molecule has 0 heteroatoms. The third-order valence-electron chi connectivity index (χ3n) is 2.44. The summed E-state index contributed by atoms with van der Waals surface area (Å²) in [5, 5.41) is 0. The quantitative estimate of drug-likeness (QED) is 0.480. The van der Waals surface area contributed by atoms with Crippen LogP contribution in [-0.2, 0) is 0 Å². The zero-order chi connectivity index (χ0) is 7.40. The monoisotopic (exact) mass is 138 g/mol. The van der Waals surface area contributed by atoms with Crippen molar-refractivity contribution in [2.24, 2.45) is 0 Å². The molecule has 0 atom stereocenters. The van der Waals surface area contributed by atoms with E-state index in [9.17, 15) is 0 Å². The van der Waals surface area contributed by atoms with E-state index < -0.39 is 0 Å². The Hall–Kier alpha value is 0. The molecule has 0 spiro atoms. The Balaban J connectivity index is 2.23. The van der Waals surface area contributed by atoms with Crippen molar-refractivity contribution < 1.29 is 0 Å². The van der Waals surface area contributed by atoms with Gasteiger partial charge in [-0.25, -0.2) is 0 Å². The summed E-state index contributed by atoms with van der Waals surface area (Å²) in [7, 11) is 0. The minimum atomic E-state index is 1.35. The second kappa shape index (κ2) is 4.00. The summed E-state index contributed by atoms with van der Waals surface area (Å²) in [5.74, 6) is 3.41. The van der Waals surface area contributed by atoms with Crippen molar-refractivity contribution in [2.75, 3.05) is 0 Å². The van der Waals surface area contributed by atoms with Crippen molar-refractivity contribution >= 4 is 0 Å². The predicted octanol–water partition coefficient (Wildman–Crippen LogP) is 3.53. The molecule has 0 aromatic heterocycles. The van der Waals surface area contributed by atoms with E-state index in [0.717, 1.165) is 0 Å². The number of hydrogen-bond donors (Lipinski definition) is 0. The molecule has 1 rings (SSSR count). The van der Waals surface area contributed by atoms with E-state index in [2.05, 4.69) is 13.8 Å². The number of rotatable bonds is 0. The van der Waals surface area contributed by atoms with Gasteiger partial charge in [-0.15, -0.1) is 0 Å². The SMILES string of the molecule is C[C]1CCCC[C](C)CC1. The highest BCUT2D eigenvalue weighted by Crippen LogP contribution is 2.27. The first kappa shape index (κ1) is 8.10. The van der Waals surface area contributed by atoms with E-state index in [0.29, 0.717) is 0 Å². The average molecular weight is 138 g/mol. The first-order chi connectivity index (χ1) is 4.79. The molecule has 1 aliphatic rings. The Kier molecular flexibility index (Phi) is 3.24. The first-order valence-electron chi connectivity index (χ1n) is 4.41. The summed E-state index contributed by atoms with van der Waals surface area (Å²) >= 11 is 0. The minimum absolute atomic E-state index is 1.35. The van der Waals surface area contributed by atoms with Crippen LogP contribution in [0.15, 0.2) is 0 Å². The van der Waals surface area contributed by atoms with E-state index in [1.54, 1.807) is 11.8 Å². The fourth-order valence-electron chi connectivity index (χ4n) is 1.53. The molecule has 10 heavy (non-hydrogen) atoms.